The highest BCUT2D eigenvalue weighted by Crippen LogP contribution is 2.41. The first kappa shape index (κ1) is 12.4. The summed E-state index contributed by atoms with van der Waals surface area (Å²) in [4.78, 5) is 14.8. The molecule has 2 aromatic rings. The minimum Gasteiger partial charge on any atom is -0.315 e. The number of hydrogen-bond donors (Lipinski definition) is 0. The van der Waals surface area contributed by atoms with E-state index in [0.29, 0.717) is 0 Å². The number of carbonyl (C=O) groups excluding carboxylic acids is 1. The average molecular weight is 276 g/mol. The van der Waals surface area contributed by atoms with Crippen LogP contribution in [-0.4, -0.2) is 16.8 Å². The zero-order chi connectivity index (χ0) is 14.4. The lowest BCUT2D eigenvalue weighted by Gasteiger charge is -2.26. The quantitative estimate of drug-likeness (QED) is 0.795. The number of carbonyl (C=O) groups is 1. The Hall–Kier alpha value is -2.34. The monoisotopic (exact) mass is 276 g/mol. The van der Waals surface area contributed by atoms with Gasteiger partial charge in [-0.2, -0.15) is 5.26 Å². The van der Waals surface area contributed by atoms with E-state index in [0.717, 1.165) is 47.6 Å². The van der Waals surface area contributed by atoms with Gasteiger partial charge in [0, 0.05) is 11.6 Å². The number of amides is 1. The number of nitriles is 1. The second kappa shape index (κ2) is 4.60. The molecule has 0 bridgehead atoms. The van der Waals surface area contributed by atoms with Gasteiger partial charge in [0.2, 0.25) is 0 Å². The summed E-state index contributed by atoms with van der Waals surface area (Å²) in [6.07, 6.45) is 4.36. The fraction of sp³-hybridized carbons (Fsp3) is 0.333. The smallest absolute Gasteiger partial charge is 0.256 e. The number of benzene rings is 2. The maximum absolute atomic E-state index is 12.9. The largest absolute Gasteiger partial charge is 0.315 e. The molecule has 1 amide bonds. The molecule has 0 N–H and O–H groups in total. The van der Waals surface area contributed by atoms with Gasteiger partial charge in [-0.3, -0.25) is 4.79 Å². The van der Waals surface area contributed by atoms with E-state index >= 15 is 0 Å². The van der Waals surface area contributed by atoms with E-state index < -0.39 is 6.04 Å². The Morgan fingerprint density at radius 1 is 1.10 bits per heavy atom. The average Bonchev–Trinajstić information content (AvgIpc) is 3.13. The molecular weight excluding hydrogens is 260 g/mol. The Labute approximate surface area is 123 Å². The summed E-state index contributed by atoms with van der Waals surface area (Å²) in [5, 5.41) is 11.6. The van der Waals surface area contributed by atoms with Crippen LogP contribution in [0.5, 0.6) is 0 Å². The molecule has 21 heavy (non-hydrogen) atoms. The second-order valence-corrected chi connectivity index (χ2v) is 5.93. The van der Waals surface area contributed by atoms with Gasteiger partial charge in [0.25, 0.3) is 5.91 Å². The Morgan fingerprint density at radius 2 is 1.86 bits per heavy atom. The number of fused-ring (bicyclic) bond motifs is 3. The van der Waals surface area contributed by atoms with Gasteiger partial charge in [-0.1, -0.05) is 49.2 Å². The number of hydrogen-bond acceptors (Lipinski definition) is 2. The van der Waals surface area contributed by atoms with E-state index in [2.05, 4.69) is 6.07 Å². The lowest BCUT2D eigenvalue weighted by Crippen LogP contribution is -2.36. The molecule has 0 aromatic heterocycles. The van der Waals surface area contributed by atoms with Crippen LogP contribution in [0.3, 0.4) is 0 Å². The number of nitrogens with zero attached hydrogens (tertiary/aromatic N) is 2. The van der Waals surface area contributed by atoms with Crippen molar-refractivity contribution >= 4 is 16.7 Å². The van der Waals surface area contributed by atoms with Crippen molar-refractivity contribution in [3.63, 3.8) is 0 Å². The molecule has 1 heterocycles. The molecule has 0 radical (unpaired) electrons. The van der Waals surface area contributed by atoms with E-state index in [9.17, 15) is 10.1 Å². The van der Waals surface area contributed by atoms with Gasteiger partial charge in [0.05, 0.1) is 11.6 Å². The molecule has 3 heteroatoms. The molecule has 0 saturated heterocycles. The predicted octanol–water partition coefficient (Wildman–Crippen LogP) is 3.80. The molecule has 1 aliphatic heterocycles. The third kappa shape index (κ3) is 1.69. The van der Waals surface area contributed by atoms with Gasteiger partial charge >= 0.3 is 0 Å². The van der Waals surface area contributed by atoms with Gasteiger partial charge in [-0.05, 0) is 23.6 Å². The molecule has 1 atom stereocenters. The molecule has 0 spiro atoms. The molecular formula is C18H16N2O. The van der Waals surface area contributed by atoms with Crippen molar-refractivity contribution in [1.29, 1.82) is 5.26 Å². The molecule has 1 aliphatic carbocycles. The summed E-state index contributed by atoms with van der Waals surface area (Å²) >= 11 is 0. The molecule has 4 rings (SSSR count). The van der Waals surface area contributed by atoms with Crippen molar-refractivity contribution in [3.8, 4) is 6.07 Å². The standard InChI is InChI=1S/C18H16N2O/c19-11-16-15-10-9-12-5-1-4-8-14(12)17(15)18(21)20(16)13-6-2-3-7-13/h1,4-5,8-10,13,16H,2-3,6-7H2. The van der Waals surface area contributed by atoms with Crippen molar-refractivity contribution in [2.24, 2.45) is 0 Å². The third-order valence-corrected chi connectivity index (χ3v) is 4.82. The van der Waals surface area contributed by atoms with E-state index in [1.54, 1.807) is 0 Å². The SMILES string of the molecule is N#CC1c2ccc3ccccc3c2C(=O)N1C1CCCC1. The van der Waals surface area contributed by atoms with Gasteiger partial charge < -0.3 is 4.90 Å². The first-order valence-electron chi connectivity index (χ1n) is 7.55. The Bertz CT molecular complexity index is 768. The van der Waals surface area contributed by atoms with Gasteiger partial charge in [0.1, 0.15) is 6.04 Å². The van der Waals surface area contributed by atoms with Crippen LogP contribution in [0.4, 0.5) is 0 Å². The fourth-order valence-corrected chi connectivity index (χ4v) is 3.84. The van der Waals surface area contributed by atoms with Crippen LogP contribution in [0, 0.1) is 11.3 Å². The fourth-order valence-electron chi connectivity index (χ4n) is 3.84. The van der Waals surface area contributed by atoms with Crippen molar-refractivity contribution in [2.75, 3.05) is 0 Å². The van der Waals surface area contributed by atoms with Crippen molar-refractivity contribution in [2.45, 2.75) is 37.8 Å². The summed E-state index contributed by atoms with van der Waals surface area (Å²) < 4.78 is 0. The van der Waals surface area contributed by atoms with E-state index in [4.69, 9.17) is 0 Å². The van der Waals surface area contributed by atoms with Gasteiger partial charge in [-0.25, -0.2) is 0 Å². The molecule has 3 nitrogen and oxygen atoms in total. The summed E-state index contributed by atoms with van der Waals surface area (Å²) in [5.41, 5.74) is 1.62. The molecule has 2 aliphatic rings. The summed E-state index contributed by atoms with van der Waals surface area (Å²) in [5.74, 6) is 0.0419. The molecule has 1 unspecified atom stereocenters. The normalized spacial score (nSPS) is 21.8. The van der Waals surface area contributed by atoms with E-state index in [1.807, 2.05) is 41.3 Å². The molecule has 2 aromatic carbocycles. The molecule has 104 valence electrons. The van der Waals surface area contributed by atoms with E-state index in [1.165, 1.54) is 0 Å². The number of rotatable bonds is 1. The topological polar surface area (TPSA) is 44.1 Å². The second-order valence-electron chi connectivity index (χ2n) is 5.93. The lowest BCUT2D eigenvalue weighted by atomic mass is 9.98. The first-order valence-corrected chi connectivity index (χ1v) is 7.55. The van der Waals surface area contributed by atoms with Crippen molar-refractivity contribution in [1.82, 2.24) is 4.90 Å². The summed E-state index contributed by atoms with van der Waals surface area (Å²) in [6.45, 7) is 0. The molecule has 1 saturated carbocycles. The highest BCUT2D eigenvalue weighted by Gasteiger charge is 2.42. The van der Waals surface area contributed by atoms with Crippen molar-refractivity contribution < 1.29 is 4.79 Å². The van der Waals surface area contributed by atoms with Crippen LogP contribution in [0.25, 0.3) is 10.8 Å². The van der Waals surface area contributed by atoms with Crippen LogP contribution in [0.15, 0.2) is 36.4 Å². The minimum atomic E-state index is -0.416. The Morgan fingerprint density at radius 3 is 2.62 bits per heavy atom. The Kier molecular flexibility index (Phi) is 2.71. The van der Waals surface area contributed by atoms with Crippen LogP contribution >= 0.6 is 0 Å². The van der Waals surface area contributed by atoms with Crippen molar-refractivity contribution in [3.05, 3.63) is 47.5 Å². The maximum Gasteiger partial charge on any atom is 0.256 e. The third-order valence-electron chi connectivity index (χ3n) is 4.82. The minimum absolute atomic E-state index is 0.0419. The molecule has 1 fully saturated rings. The Balaban J connectivity index is 1.91. The van der Waals surface area contributed by atoms with Crippen LogP contribution in [-0.2, 0) is 0 Å². The zero-order valence-corrected chi connectivity index (χ0v) is 11.7. The summed E-state index contributed by atoms with van der Waals surface area (Å²) in [6, 6.07) is 14.1. The van der Waals surface area contributed by atoms with E-state index in [-0.39, 0.29) is 11.9 Å². The van der Waals surface area contributed by atoms with Gasteiger partial charge in [0.15, 0.2) is 0 Å². The first-order chi connectivity index (χ1) is 10.3. The predicted molar refractivity (Wildman–Crippen MR) is 80.7 cm³/mol. The highest BCUT2D eigenvalue weighted by atomic mass is 16.2. The van der Waals surface area contributed by atoms with Gasteiger partial charge in [-0.15, -0.1) is 0 Å². The maximum atomic E-state index is 12.9. The lowest BCUT2D eigenvalue weighted by molar-refractivity contribution is 0.0679. The van der Waals surface area contributed by atoms with Crippen LogP contribution < -0.4 is 0 Å². The zero-order valence-electron chi connectivity index (χ0n) is 11.7. The van der Waals surface area contributed by atoms with Crippen LogP contribution in [0.1, 0.15) is 47.6 Å². The van der Waals surface area contributed by atoms with Crippen LogP contribution in [0.2, 0.25) is 0 Å². The highest BCUT2D eigenvalue weighted by molar-refractivity contribution is 6.11. The summed E-state index contributed by atoms with van der Waals surface area (Å²) in [7, 11) is 0.